The number of hydrogen-bond acceptors (Lipinski definition) is 2. The van der Waals surface area contributed by atoms with Crippen LogP contribution in [0.5, 0.6) is 0 Å². The Kier molecular flexibility index (Phi) is 7.12. The highest BCUT2D eigenvalue weighted by Gasteiger charge is 2.22. The van der Waals surface area contributed by atoms with Crippen molar-refractivity contribution >= 4 is 21.8 Å². The minimum absolute atomic E-state index is 0.317. The lowest BCUT2D eigenvalue weighted by Gasteiger charge is -2.32. The van der Waals surface area contributed by atoms with E-state index < -0.39 is 0 Å². The summed E-state index contributed by atoms with van der Waals surface area (Å²) in [5.74, 6) is 0.927. The highest BCUT2D eigenvalue weighted by molar-refractivity contribution is 9.09. The van der Waals surface area contributed by atoms with Gasteiger partial charge in [0.05, 0.1) is 12.7 Å². The first-order valence-electron chi connectivity index (χ1n) is 6.58. The highest BCUT2D eigenvalue weighted by atomic mass is 79.9. The van der Waals surface area contributed by atoms with Gasteiger partial charge < -0.3 is 9.64 Å². The van der Waals surface area contributed by atoms with E-state index in [0.717, 1.165) is 44.3 Å². The Bertz CT molecular complexity index is 225. The maximum Gasteiger partial charge on any atom is 0.222 e. The molecule has 4 heteroatoms. The van der Waals surface area contributed by atoms with Gasteiger partial charge in [0.2, 0.25) is 5.91 Å². The Balaban J connectivity index is 2.19. The third kappa shape index (κ3) is 5.87. The number of hydrogen-bond donors (Lipinski definition) is 0. The Morgan fingerprint density at radius 2 is 2.06 bits per heavy atom. The van der Waals surface area contributed by atoms with Crippen LogP contribution in [-0.2, 0) is 9.53 Å². The molecule has 0 atom stereocenters. The van der Waals surface area contributed by atoms with Crippen LogP contribution in [0.25, 0.3) is 0 Å². The van der Waals surface area contributed by atoms with Gasteiger partial charge in [0, 0.05) is 24.8 Å². The van der Waals surface area contributed by atoms with Crippen molar-refractivity contribution in [2.45, 2.75) is 45.6 Å². The van der Waals surface area contributed by atoms with Crippen LogP contribution in [0.4, 0.5) is 0 Å². The molecule has 0 radical (unpaired) electrons. The second-order valence-corrected chi connectivity index (χ2v) is 5.87. The third-order valence-electron chi connectivity index (χ3n) is 3.16. The molecule has 1 saturated heterocycles. The molecule has 100 valence electrons. The first kappa shape index (κ1) is 15.0. The summed E-state index contributed by atoms with van der Waals surface area (Å²) in [5, 5.41) is 0.889. The molecule has 1 amide bonds. The topological polar surface area (TPSA) is 29.5 Å². The Labute approximate surface area is 113 Å². The van der Waals surface area contributed by atoms with Gasteiger partial charge in [0.15, 0.2) is 0 Å². The van der Waals surface area contributed by atoms with Crippen LogP contribution in [0.3, 0.4) is 0 Å². The summed E-state index contributed by atoms with van der Waals surface area (Å²) in [6.45, 7) is 6.82. The number of ether oxygens (including phenoxy) is 1. The average molecular weight is 306 g/mol. The van der Waals surface area contributed by atoms with Crippen molar-refractivity contribution in [3.63, 3.8) is 0 Å². The van der Waals surface area contributed by atoms with Crippen LogP contribution in [0.1, 0.15) is 39.5 Å². The maximum absolute atomic E-state index is 11.9. The van der Waals surface area contributed by atoms with Crippen LogP contribution >= 0.6 is 15.9 Å². The molecule has 0 unspecified atom stereocenters. The maximum atomic E-state index is 11.9. The summed E-state index contributed by atoms with van der Waals surface area (Å²) in [6, 6.07) is 0. The van der Waals surface area contributed by atoms with Crippen molar-refractivity contribution in [2.24, 2.45) is 5.92 Å². The fourth-order valence-corrected chi connectivity index (χ4v) is 2.24. The van der Waals surface area contributed by atoms with Crippen LogP contribution in [-0.4, -0.2) is 41.9 Å². The molecule has 0 aromatic rings. The Morgan fingerprint density at radius 3 is 2.59 bits per heavy atom. The van der Waals surface area contributed by atoms with E-state index in [1.165, 1.54) is 0 Å². The molecular formula is C13H24BrNO2. The minimum Gasteiger partial charge on any atom is -0.377 e. The zero-order chi connectivity index (χ0) is 12.7. The van der Waals surface area contributed by atoms with Crippen LogP contribution < -0.4 is 0 Å². The third-order valence-corrected chi connectivity index (χ3v) is 3.48. The van der Waals surface area contributed by atoms with E-state index in [0.29, 0.717) is 24.3 Å². The molecule has 17 heavy (non-hydrogen) atoms. The number of likely N-dealkylation sites (tertiary alicyclic amines) is 1. The van der Waals surface area contributed by atoms with Crippen molar-refractivity contribution in [3.05, 3.63) is 0 Å². The largest absolute Gasteiger partial charge is 0.377 e. The van der Waals surface area contributed by atoms with Gasteiger partial charge in [-0.05, 0) is 25.2 Å². The quantitative estimate of drug-likeness (QED) is 0.706. The zero-order valence-corrected chi connectivity index (χ0v) is 12.5. The summed E-state index contributed by atoms with van der Waals surface area (Å²) in [7, 11) is 0. The fourth-order valence-electron chi connectivity index (χ4n) is 2.05. The summed E-state index contributed by atoms with van der Waals surface area (Å²) < 4.78 is 5.67. The molecule has 0 aromatic heterocycles. The number of rotatable bonds is 6. The van der Waals surface area contributed by atoms with Crippen molar-refractivity contribution in [1.29, 1.82) is 0 Å². The second kappa shape index (κ2) is 8.09. The minimum atomic E-state index is 0.317. The van der Waals surface area contributed by atoms with Crippen LogP contribution in [0, 0.1) is 5.92 Å². The number of nitrogens with zero attached hydrogens (tertiary/aromatic N) is 1. The molecule has 0 aliphatic carbocycles. The summed E-state index contributed by atoms with van der Waals surface area (Å²) in [6.07, 6.45) is 4.02. The van der Waals surface area contributed by atoms with Crippen LogP contribution in [0.15, 0.2) is 0 Å². The first-order chi connectivity index (χ1) is 8.13. The standard InChI is InChI=1S/C13H24BrNO2/c1-11(2)3-4-13(16)15-8-5-12(6-9-15)17-10-7-14/h11-12H,3-10H2,1-2H3. The monoisotopic (exact) mass is 305 g/mol. The van der Waals surface area contributed by atoms with Gasteiger partial charge in [-0.1, -0.05) is 29.8 Å². The van der Waals surface area contributed by atoms with E-state index in [4.69, 9.17) is 4.74 Å². The van der Waals surface area contributed by atoms with Gasteiger partial charge >= 0.3 is 0 Å². The van der Waals surface area contributed by atoms with E-state index >= 15 is 0 Å². The van der Waals surface area contributed by atoms with Gasteiger partial charge in [-0.2, -0.15) is 0 Å². The van der Waals surface area contributed by atoms with Crippen molar-refractivity contribution in [2.75, 3.05) is 25.0 Å². The van der Waals surface area contributed by atoms with E-state index in [1.54, 1.807) is 0 Å². The smallest absolute Gasteiger partial charge is 0.222 e. The lowest BCUT2D eigenvalue weighted by atomic mass is 10.0. The number of carbonyl (C=O) groups excluding carboxylic acids is 1. The van der Waals surface area contributed by atoms with E-state index in [1.807, 2.05) is 4.90 Å². The molecule has 0 bridgehead atoms. The predicted octanol–water partition coefficient (Wildman–Crippen LogP) is 2.83. The van der Waals surface area contributed by atoms with Gasteiger partial charge in [-0.15, -0.1) is 0 Å². The number of halogens is 1. The molecule has 3 nitrogen and oxygen atoms in total. The van der Waals surface area contributed by atoms with Crippen LogP contribution in [0.2, 0.25) is 0 Å². The predicted molar refractivity (Wildman–Crippen MR) is 73.4 cm³/mol. The van der Waals surface area contributed by atoms with Crippen molar-refractivity contribution < 1.29 is 9.53 Å². The lowest BCUT2D eigenvalue weighted by molar-refractivity contribution is -0.134. The first-order valence-corrected chi connectivity index (χ1v) is 7.71. The van der Waals surface area contributed by atoms with E-state index in [-0.39, 0.29) is 0 Å². The van der Waals surface area contributed by atoms with Gasteiger partial charge in [0.1, 0.15) is 0 Å². The number of carbonyl (C=O) groups is 1. The summed E-state index contributed by atoms with van der Waals surface area (Å²) >= 11 is 3.36. The lowest BCUT2D eigenvalue weighted by Crippen LogP contribution is -2.41. The van der Waals surface area contributed by atoms with E-state index in [2.05, 4.69) is 29.8 Å². The number of alkyl halides is 1. The Morgan fingerprint density at radius 1 is 1.41 bits per heavy atom. The van der Waals surface area contributed by atoms with Gasteiger partial charge in [-0.3, -0.25) is 4.79 Å². The molecule has 1 aliphatic rings. The highest BCUT2D eigenvalue weighted by Crippen LogP contribution is 2.16. The zero-order valence-electron chi connectivity index (χ0n) is 11.0. The SMILES string of the molecule is CC(C)CCC(=O)N1CCC(OCCBr)CC1. The molecule has 1 rings (SSSR count). The molecule has 0 N–H and O–H groups in total. The molecule has 0 spiro atoms. The fraction of sp³-hybridized carbons (Fsp3) is 0.923. The van der Waals surface area contributed by atoms with E-state index in [9.17, 15) is 4.79 Å². The molecule has 0 aromatic carbocycles. The van der Waals surface area contributed by atoms with Crippen molar-refractivity contribution in [1.82, 2.24) is 4.90 Å². The van der Waals surface area contributed by atoms with Gasteiger partial charge in [-0.25, -0.2) is 0 Å². The molecule has 0 saturated carbocycles. The molecule has 1 heterocycles. The number of piperidine rings is 1. The number of amides is 1. The molecule has 1 fully saturated rings. The average Bonchev–Trinajstić information content (AvgIpc) is 2.34. The Hall–Kier alpha value is -0.0900. The summed E-state index contributed by atoms with van der Waals surface area (Å²) in [5.41, 5.74) is 0. The molecule has 1 aliphatic heterocycles. The molecular weight excluding hydrogens is 282 g/mol. The summed E-state index contributed by atoms with van der Waals surface area (Å²) in [4.78, 5) is 13.9. The second-order valence-electron chi connectivity index (χ2n) is 5.07. The van der Waals surface area contributed by atoms with Gasteiger partial charge in [0.25, 0.3) is 0 Å². The normalized spacial score (nSPS) is 17.8. The van der Waals surface area contributed by atoms with Crippen molar-refractivity contribution in [3.8, 4) is 0 Å².